The molecule has 25 heavy (non-hydrogen) atoms. The first-order valence-electron chi connectivity index (χ1n) is 8.94. The lowest BCUT2D eigenvalue weighted by Gasteiger charge is -2.21. The number of nitrogens with zero attached hydrogens (tertiary/aromatic N) is 3. The first-order chi connectivity index (χ1) is 12.2. The second-order valence-electron chi connectivity index (χ2n) is 6.75. The maximum atomic E-state index is 11.8. The molecule has 0 radical (unpaired) electrons. The highest BCUT2D eigenvalue weighted by molar-refractivity contribution is 5.71. The summed E-state index contributed by atoms with van der Waals surface area (Å²) in [4.78, 5) is 11.8. The van der Waals surface area contributed by atoms with Crippen LogP contribution in [0.2, 0.25) is 0 Å². The van der Waals surface area contributed by atoms with Gasteiger partial charge in [0.2, 0.25) is 0 Å². The zero-order chi connectivity index (χ0) is 17.6. The highest BCUT2D eigenvalue weighted by atomic mass is 16.4. The van der Waals surface area contributed by atoms with Crippen molar-refractivity contribution in [2.24, 2.45) is 5.92 Å². The Labute approximate surface area is 147 Å². The maximum absolute atomic E-state index is 11.8. The predicted molar refractivity (Wildman–Crippen MR) is 93.3 cm³/mol. The molecule has 2 heterocycles. The van der Waals surface area contributed by atoms with Gasteiger partial charge in [-0.05, 0) is 42.9 Å². The van der Waals surface area contributed by atoms with Crippen LogP contribution in [0.15, 0.2) is 24.3 Å². The van der Waals surface area contributed by atoms with Crippen LogP contribution in [0.4, 0.5) is 0 Å². The summed E-state index contributed by atoms with van der Waals surface area (Å²) in [6.07, 6.45) is 3.17. The number of aromatic nitrogens is 4. The van der Waals surface area contributed by atoms with E-state index in [4.69, 9.17) is 0 Å². The Kier molecular flexibility index (Phi) is 5.75. The summed E-state index contributed by atoms with van der Waals surface area (Å²) in [5, 5.41) is 27.2. The average Bonchev–Trinajstić information content (AvgIpc) is 3.31. The van der Waals surface area contributed by atoms with Crippen LogP contribution in [0.3, 0.4) is 0 Å². The van der Waals surface area contributed by atoms with Crippen LogP contribution in [0, 0.1) is 5.92 Å². The molecule has 1 aromatic heterocycles. The van der Waals surface area contributed by atoms with Crippen molar-refractivity contribution in [3.8, 4) is 0 Å². The smallest absolute Gasteiger partial charge is 0.307 e. The molecule has 3 unspecified atom stereocenters. The van der Waals surface area contributed by atoms with E-state index in [-0.39, 0.29) is 5.92 Å². The molecule has 3 rings (SSSR count). The van der Waals surface area contributed by atoms with Crippen molar-refractivity contribution in [3.63, 3.8) is 0 Å². The van der Waals surface area contributed by atoms with E-state index >= 15 is 0 Å². The molecule has 1 fully saturated rings. The van der Waals surface area contributed by atoms with Gasteiger partial charge in [0.25, 0.3) is 0 Å². The number of rotatable bonds is 8. The summed E-state index contributed by atoms with van der Waals surface area (Å²) >= 11 is 0. The summed E-state index contributed by atoms with van der Waals surface area (Å²) < 4.78 is 0. The van der Waals surface area contributed by atoms with E-state index in [9.17, 15) is 9.90 Å². The van der Waals surface area contributed by atoms with Crippen molar-refractivity contribution in [1.82, 2.24) is 25.9 Å². The number of carboxylic acid groups (broad SMARTS) is 1. The number of hydrogen-bond donors (Lipinski definition) is 3. The van der Waals surface area contributed by atoms with Crippen LogP contribution in [0.5, 0.6) is 0 Å². The number of hydrogen-bond acceptors (Lipinski definition) is 5. The number of tetrazole rings is 1. The van der Waals surface area contributed by atoms with Crippen molar-refractivity contribution < 1.29 is 9.90 Å². The van der Waals surface area contributed by atoms with Gasteiger partial charge in [0.1, 0.15) is 0 Å². The topological polar surface area (TPSA) is 104 Å². The molecule has 0 bridgehead atoms. The van der Waals surface area contributed by atoms with Crippen molar-refractivity contribution in [2.75, 3.05) is 13.1 Å². The molecule has 7 heteroatoms. The van der Waals surface area contributed by atoms with E-state index in [1.54, 1.807) is 0 Å². The number of nitrogens with one attached hydrogen (secondary N) is 2. The Morgan fingerprint density at radius 3 is 2.72 bits per heavy atom. The van der Waals surface area contributed by atoms with Gasteiger partial charge in [0, 0.05) is 12.5 Å². The van der Waals surface area contributed by atoms with Gasteiger partial charge in [-0.15, -0.1) is 10.2 Å². The number of carboxylic acids is 1. The molecule has 3 atom stereocenters. The summed E-state index contributed by atoms with van der Waals surface area (Å²) in [5.74, 6) is -0.541. The summed E-state index contributed by atoms with van der Waals surface area (Å²) in [6, 6.07) is 8.53. The van der Waals surface area contributed by atoms with Crippen LogP contribution in [0.25, 0.3) is 0 Å². The maximum Gasteiger partial charge on any atom is 0.307 e. The molecule has 1 aliphatic rings. The minimum atomic E-state index is -0.801. The van der Waals surface area contributed by atoms with Crippen LogP contribution >= 0.6 is 0 Å². The Bertz CT molecular complexity index is 665. The summed E-state index contributed by atoms with van der Waals surface area (Å²) in [5.41, 5.74) is 2.44. The van der Waals surface area contributed by atoms with E-state index in [1.807, 2.05) is 6.92 Å². The molecule has 0 aliphatic carbocycles. The zero-order valence-corrected chi connectivity index (χ0v) is 14.5. The van der Waals surface area contributed by atoms with Gasteiger partial charge in [0.15, 0.2) is 5.82 Å². The molecule has 0 amide bonds. The van der Waals surface area contributed by atoms with E-state index in [2.05, 4.69) is 50.2 Å². The standard InChI is InChI=1S/C18H25N5O2/c1-2-3-15(18(24)25)16(17-20-22-23-21-17)10-12-4-6-13(7-5-12)14-8-9-19-11-14/h4-7,14-16,19H,2-3,8-11H2,1H3,(H,24,25)(H,20,21,22,23). The quantitative estimate of drug-likeness (QED) is 0.678. The average molecular weight is 343 g/mol. The van der Waals surface area contributed by atoms with Crippen molar-refractivity contribution in [3.05, 3.63) is 41.2 Å². The van der Waals surface area contributed by atoms with Gasteiger partial charge in [-0.1, -0.05) is 42.8 Å². The fraction of sp³-hybridized carbons (Fsp3) is 0.556. The second-order valence-corrected chi connectivity index (χ2v) is 6.75. The van der Waals surface area contributed by atoms with E-state index in [0.717, 1.165) is 25.1 Å². The van der Waals surface area contributed by atoms with Crippen LogP contribution in [-0.4, -0.2) is 44.8 Å². The van der Waals surface area contributed by atoms with Crippen LogP contribution in [0.1, 0.15) is 55.0 Å². The molecule has 0 spiro atoms. The van der Waals surface area contributed by atoms with Gasteiger partial charge in [-0.3, -0.25) is 4.79 Å². The highest BCUT2D eigenvalue weighted by Crippen LogP contribution is 2.30. The minimum Gasteiger partial charge on any atom is -0.481 e. The van der Waals surface area contributed by atoms with Crippen molar-refractivity contribution >= 4 is 5.97 Å². The number of aromatic amines is 1. The molecule has 1 aromatic carbocycles. The zero-order valence-electron chi connectivity index (χ0n) is 14.5. The van der Waals surface area contributed by atoms with Gasteiger partial charge in [-0.25, -0.2) is 0 Å². The summed E-state index contributed by atoms with van der Waals surface area (Å²) in [6.45, 7) is 4.10. The lowest BCUT2D eigenvalue weighted by atomic mass is 9.83. The lowest BCUT2D eigenvalue weighted by molar-refractivity contribution is -0.142. The van der Waals surface area contributed by atoms with E-state index < -0.39 is 11.9 Å². The lowest BCUT2D eigenvalue weighted by Crippen LogP contribution is -2.25. The van der Waals surface area contributed by atoms with Gasteiger partial charge in [-0.2, -0.15) is 5.21 Å². The Balaban J connectivity index is 1.78. The minimum absolute atomic E-state index is 0.282. The largest absolute Gasteiger partial charge is 0.481 e. The fourth-order valence-electron chi connectivity index (χ4n) is 3.67. The number of benzene rings is 1. The molecule has 3 N–H and O–H groups in total. The van der Waals surface area contributed by atoms with E-state index in [0.29, 0.717) is 24.6 Å². The fourth-order valence-corrected chi connectivity index (χ4v) is 3.67. The monoisotopic (exact) mass is 343 g/mol. The molecule has 0 saturated carbocycles. The second kappa shape index (κ2) is 8.20. The first kappa shape index (κ1) is 17.5. The molecule has 1 saturated heterocycles. The third kappa shape index (κ3) is 4.22. The van der Waals surface area contributed by atoms with Gasteiger partial charge in [0.05, 0.1) is 5.92 Å². The predicted octanol–water partition coefficient (Wildman–Crippen LogP) is 2.10. The molecule has 1 aliphatic heterocycles. The molecule has 2 aromatic rings. The van der Waals surface area contributed by atoms with Gasteiger partial charge >= 0.3 is 5.97 Å². The Morgan fingerprint density at radius 1 is 1.36 bits per heavy atom. The number of carbonyl (C=O) groups is 1. The van der Waals surface area contributed by atoms with Gasteiger partial charge < -0.3 is 10.4 Å². The number of H-pyrrole nitrogens is 1. The summed E-state index contributed by atoms with van der Waals surface area (Å²) in [7, 11) is 0. The van der Waals surface area contributed by atoms with Crippen molar-refractivity contribution in [1.29, 1.82) is 0 Å². The molecular weight excluding hydrogens is 318 g/mol. The normalized spacial score (nSPS) is 19.6. The highest BCUT2D eigenvalue weighted by Gasteiger charge is 2.32. The molecular formula is C18H25N5O2. The Morgan fingerprint density at radius 2 is 2.16 bits per heavy atom. The third-order valence-electron chi connectivity index (χ3n) is 5.06. The van der Waals surface area contributed by atoms with Crippen molar-refractivity contribution in [2.45, 2.75) is 44.4 Å². The van der Waals surface area contributed by atoms with E-state index in [1.165, 1.54) is 12.0 Å². The Hall–Kier alpha value is -2.28. The van der Waals surface area contributed by atoms with Crippen LogP contribution in [-0.2, 0) is 11.2 Å². The SMILES string of the molecule is CCCC(C(=O)O)C(Cc1ccc(C2CCNC2)cc1)c1nn[nH]n1. The molecule has 7 nitrogen and oxygen atoms in total. The molecule has 134 valence electrons. The first-order valence-corrected chi connectivity index (χ1v) is 8.94. The number of aliphatic carboxylic acids is 1. The van der Waals surface area contributed by atoms with Crippen LogP contribution < -0.4 is 5.32 Å². The third-order valence-corrected chi connectivity index (χ3v) is 5.06.